The van der Waals surface area contributed by atoms with Gasteiger partial charge in [-0.1, -0.05) is 35.9 Å². The fraction of sp³-hybridized carbons (Fsp3) is 0.214. The molecule has 0 spiro atoms. The van der Waals surface area contributed by atoms with Crippen molar-refractivity contribution in [1.29, 1.82) is 0 Å². The summed E-state index contributed by atoms with van der Waals surface area (Å²) in [4.78, 5) is 16.0. The summed E-state index contributed by atoms with van der Waals surface area (Å²) in [6.45, 7) is 5.56. The highest BCUT2D eigenvalue weighted by Crippen LogP contribution is 2.32. The summed E-state index contributed by atoms with van der Waals surface area (Å²) in [7, 11) is 3.59. The number of nitrogens with zero attached hydrogens (tertiary/aromatic N) is 4. The van der Waals surface area contributed by atoms with Crippen molar-refractivity contribution in [3.8, 4) is 11.4 Å². The number of anilines is 1. The van der Waals surface area contributed by atoms with Gasteiger partial charge in [0.2, 0.25) is 0 Å². The Kier molecular flexibility index (Phi) is 5.57. The Bertz CT molecular complexity index is 1530. The van der Waals surface area contributed by atoms with Crippen LogP contribution in [0.5, 0.6) is 5.75 Å². The number of aryl methyl sites for hydroxylation is 2. The van der Waals surface area contributed by atoms with Crippen LogP contribution in [0.3, 0.4) is 0 Å². The van der Waals surface area contributed by atoms with E-state index in [4.69, 9.17) is 9.84 Å². The van der Waals surface area contributed by atoms with E-state index in [1.165, 1.54) is 4.68 Å². The zero-order chi connectivity index (χ0) is 23.8. The largest absolute Gasteiger partial charge is 0.497 e. The third-order valence-corrected chi connectivity index (χ3v) is 6.43. The molecule has 0 aliphatic carbocycles. The Labute approximate surface area is 198 Å². The van der Waals surface area contributed by atoms with Crippen LogP contribution in [-0.2, 0) is 13.6 Å². The summed E-state index contributed by atoms with van der Waals surface area (Å²) in [6, 6.07) is 24.1. The lowest BCUT2D eigenvalue weighted by Crippen LogP contribution is -2.28. The highest BCUT2D eigenvalue weighted by atomic mass is 16.5. The third kappa shape index (κ3) is 3.61. The lowest BCUT2D eigenvalue weighted by Gasteiger charge is -2.23. The molecule has 0 N–H and O–H groups in total. The lowest BCUT2D eigenvalue weighted by molar-refractivity contribution is 0.415. The molecule has 34 heavy (non-hydrogen) atoms. The van der Waals surface area contributed by atoms with E-state index in [9.17, 15) is 4.79 Å². The average molecular weight is 453 g/mol. The maximum Gasteiger partial charge on any atom is 0.296 e. The molecule has 2 heterocycles. The van der Waals surface area contributed by atoms with Crippen LogP contribution in [-0.4, -0.2) is 28.0 Å². The predicted octanol–water partition coefficient (Wildman–Crippen LogP) is 5.22. The minimum Gasteiger partial charge on any atom is -0.497 e. The fourth-order valence-electron chi connectivity index (χ4n) is 4.58. The molecule has 0 aliphatic rings. The summed E-state index contributed by atoms with van der Waals surface area (Å²) in [6.07, 6.45) is 0. The van der Waals surface area contributed by atoms with Gasteiger partial charge in [0.1, 0.15) is 11.3 Å². The molecule has 0 unspecified atom stereocenters. The first kappa shape index (κ1) is 21.8. The molecule has 0 saturated carbocycles. The van der Waals surface area contributed by atoms with Crippen LogP contribution in [0, 0.1) is 6.92 Å². The molecule has 0 aliphatic heterocycles. The van der Waals surface area contributed by atoms with Gasteiger partial charge in [0.15, 0.2) is 0 Å². The fourth-order valence-corrected chi connectivity index (χ4v) is 4.58. The highest BCUT2D eigenvalue weighted by molar-refractivity contribution is 6.09. The first-order chi connectivity index (χ1) is 16.5. The normalized spacial score (nSPS) is 11.3. The second-order valence-electron chi connectivity index (χ2n) is 8.51. The number of rotatable bonds is 6. The van der Waals surface area contributed by atoms with E-state index in [2.05, 4.69) is 24.0 Å². The van der Waals surface area contributed by atoms with E-state index in [-0.39, 0.29) is 5.56 Å². The summed E-state index contributed by atoms with van der Waals surface area (Å²) in [5.41, 5.74) is 5.31. The van der Waals surface area contributed by atoms with Gasteiger partial charge < -0.3 is 14.2 Å². The number of fused-ring (bicyclic) bond motifs is 3. The van der Waals surface area contributed by atoms with Gasteiger partial charge in [-0.25, -0.2) is 0 Å². The number of hydrogen-bond donors (Lipinski definition) is 0. The van der Waals surface area contributed by atoms with Gasteiger partial charge in [0, 0.05) is 36.1 Å². The quantitative estimate of drug-likeness (QED) is 0.354. The number of para-hydroxylation sites is 1. The van der Waals surface area contributed by atoms with Crippen LogP contribution >= 0.6 is 0 Å². The van der Waals surface area contributed by atoms with Crippen molar-refractivity contribution < 1.29 is 4.74 Å². The first-order valence-corrected chi connectivity index (χ1v) is 11.5. The summed E-state index contributed by atoms with van der Waals surface area (Å²) >= 11 is 0. The van der Waals surface area contributed by atoms with Crippen LogP contribution < -0.4 is 15.2 Å². The molecule has 2 aromatic heterocycles. The van der Waals surface area contributed by atoms with Crippen molar-refractivity contribution in [3.63, 3.8) is 0 Å². The molecule has 0 radical (unpaired) electrons. The summed E-state index contributed by atoms with van der Waals surface area (Å²) in [5.74, 6) is 0.756. The van der Waals surface area contributed by atoms with Gasteiger partial charge in [-0.3, -0.25) is 4.79 Å². The molecule has 0 atom stereocenters. The van der Waals surface area contributed by atoms with E-state index in [0.717, 1.165) is 51.2 Å². The molecule has 0 amide bonds. The monoisotopic (exact) mass is 452 g/mol. The van der Waals surface area contributed by atoms with Gasteiger partial charge in [0.25, 0.3) is 5.56 Å². The number of hydrogen-bond acceptors (Lipinski definition) is 4. The standard InChI is InChI=1S/C28H28N4O2/c1-5-31(20-9-7-6-8-10-20)18-24-26-23-16-15-22(34-4)17-25(23)30(3)27(26)28(33)32(29-24)21-13-11-19(2)12-14-21/h6-17H,5,18H2,1-4H3. The first-order valence-electron chi connectivity index (χ1n) is 11.5. The third-order valence-electron chi connectivity index (χ3n) is 6.43. The smallest absolute Gasteiger partial charge is 0.296 e. The van der Waals surface area contributed by atoms with Crippen molar-refractivity contribution in [2.75, 3.05) is 18.6 Å². The van der Waals surface area contributed by atoms with Gasteiger partial charge in [0.05, 0.1) is 30.6 Å². The Morgan fingerprint density at radius 3 is 2.41 bits per heavy atom. The van der Waals surface area contributed by atoms with Crippen LogP contribution in [0.25, 0.3) is 27.5 Å². The zero-order valence-corrected chi connectivity index (χ0v) is 19.9. The van der Waals surface area contributed by atoms with Crippen LogP contribution in [0.15, 0.2) is 77.6 Å². The average Bonchev–Trinajstić information content (AvgIpc) is 3.17. The molecule has 0 saturated heterocycles. The van der Waals surface area contributed by atoms with E-state index in [0.29, 0.717) is 12.1 Å². The molecular weight excluding hydrogens is 424 g/mol. The van der Waals surface area contributed by atoms with Gasteiger partial charge in [-0.2, -0.15) is 9.78 Å². The molecule has 0 bridgehead atoms. The SMILES string of the molecule is CCN(Cc1nn(-c2ccc(C)cc2)c(=O)c2c1c1ccc(OC)cc1n2C)c1ccccc1. The van der Waals surface area contributed by atoms with Gasteiger partial charge in [-0.05, 0) is 50.2 Å². The Morgan fingerprint density at radius 2 is 1.74 bits per heavy atom. The van der Waals surface area contributed by atoms with Crippen molar-refractivity contribution >= 4 is 27.5 Å². The van der Waals surface area contributed by atoms with Crippen molar-refractivity contribution in [2.24, 2.45) is 7.05 Å². The second-order valence-corrected chi connectivity index (χ2v) is 8.51. The van der Waals surface area contributed by atoms with E-state index in [1.54, 1.807) is 7.11 Å². The lowest BCUT2D eigenvalue weighted by atomic mass is 10.1. The number of aromatic nitrogens is 3. The second kappa shape index (κ2) is 8.71. The van der Waals surface area contributed by atoms with E-state index >= 15 is 0 Å². The number of ether oxygens (including phenoxy) is 1. The van der Waals surface area contributed by atoms with E-state index < -0.39 is 0 Å². The van der Waals surface area contributed by atoms with E-state index in [1.807, 2.05) is 79.2 Å². The Balaban J connectivity index is 1.81. The van der Waals surface area contributed by atoms with Crippen molar-refractivity contribution in [3.05, 3.63) is 94.4 Å². The molecule has 6 heteroatoms. The van der Waals surface area contributed by atoms with Gasteiger partial charge in [-0.15, -0.1) is 0 Å². The van der Waals surface area contributed by atoms with Gasteiger partial charge >= 0.3 is 0 Å². The molecular formula is C28H28N4O2. The molecule has 172 valence electrons. The Morgan fingerprint density at radius 1 is 1.00 bits per heavy atom. The predicted molar refractivity (Wildman–Crippen MR) is 138 cm³/mol. The minimum absolute atomic E-state index is 0.136. The number of benzene rings is 3. The topological polar surface area (TPSA) is 52.3 Å². The van der Waals surface area contributed by atoms with Crippen LogP contribution in [0.2, 0.25) is 0 Å². The van der Waals surface area contributed by atoms with Crippen molar-refractivity contribution in [2.45, 2.75) is 20.4 Å². The van der Waals surface area contributed by atoms with Crippen LogP contribution in [0.1, 0.15) is 18.2 Å². The highest BCUT2D eigenvalue weighted by Gasteiger charge is 2.21. The molecule has 3 aromatic carbocycles. The Hall–Kier alpha value is -4.06. The minimum atomic E-state index is -0.136. The maximum atomic E-state index is 13.8. The summed E-state index contributed by atoms with van der Waals surface area (Å²) < 4.78 is 8.95. The molecule has 6 nitrogen and oxygen atoms in total. The number of methoxy groups -OCH3 is 1. The summed E-state index contributed by atoms with van der Waals surface area (Å²) in [5, 5.41) is 6.83. The molecule has 5 aromatic rings. The van der Waals surface area contributed by atoms with Crippen LogP contribution in [0.4, 0.5) is 5.69 Å². The molecule has 0 fully saturated rings. The molecule has 5 rings (SSSR count). The van der Waals surface area contributed by atoms with Crippen molar-refractivity contribution in [1.82, 2.24) is 14.3 Å². The maximum absolute atomic E-state index is 13.8. The zero-order valence-electron chi connectivity index (χ0n) is 19.9.